The molecule has 0 saturated heterocycles. The number of carbonyl (C=O) groups excluding carboxylic acids is 2. The Morgan fingerprint density at radius 2 is 1.50 bits per heavy atom. The first-order chi connectivity index (χ1) is 21.2. The van der Waals surface area contributed by atoms with Gasteiger partial charge >= 0.3 is 0 Å². The number of nitrogens with zero attached hydrogens (tertiary/aromatic N) is 2. The number of para-hydroxylation sites is 1. The lowest BCUT2D eigenvalue weighted by Gasteiger charge is -2.32. The molecule has 4 rings (SSSR count). The summed E-state index contributed by atoms with van der Waals surface area (Å²) in [4.78, 5) is 28.6. The smallest absolute Gasteiger partial charge is 0.264 e. The van der Waals surface area contributed by atoms with E-state index < -0.39 is 28.5 Å². The predicted octanol–water partition coefficient (Wildman–Crippen LogP) is 6.66. The number of rotatable bonds is 14. The van der Waals surface area contributed by atoms with Crippen LogP contribution in [0.5, 0.6) is 11.5 Å². The van der Waals surface area contributed by atoms with E-state index in [1.165, 1.54) is 17.0 Å². The minimum Gasteiger partial charge on any atom is -0.457 e. The molecule has 0 fully saturated rings. The summed E-state index contributed by atoms with van der Waals surface area (Å²) >= 11 is 6.21. The van der Waals surface area contributed by atoms with Gasteiger partial charge < -0.3 is 15.0 Å². The quantitative estimate of drug-likeness (QED) is 0.157. The Labute approximate surface area is 264 Å². The summed E-state index contributed by atoms with van der Waals surface area (Å²) in [5.74, 6) is 0.260. The third-order valence-electron chi connectivity index (χ3n) is 6.95. The Bertz CT molecular complexity index is 1630. The molecule has 0 aliphatic rings. The van der Waals surface area contributed by atoms with Crippen LogP contribution in [0.1, 0.15) is 32.3 Å². The molecule has 4 aromatic rings. The minimum atomic E-state index is -4.17. The molecular weight excluding hydrogens is 598 g/mol. The number of ether oxygens (including phenoxy) is 1. The maximum Gasteiger partial charge on any atom is 0.264 e. The van der Waals surface area contributed by atoms with Gasteiger partial charge in [0.15, 0.2) is 0 Å². The third kappa shape index (κ3) is 8.61. The highest BCUT2D eigenvalue weighted by Gasteiger charge is 2.32. The molecule has 0 aliphatic carbocycles. The van der Waals surface area contributed by atoms with Crippen LogP contribution in [-0.4, -0.2) is 44.3 Å². The summed E-state index contributed by atoms with van der Waals surface area (Å²) in [5.41, 5.74) is 0.976. The van der Waals surface area contributed by atoms with Crippen LogP contribution >= 0.6 is 11.6 Å². The molecule has 4 aromatic carbocycles. The fourth-order valence-electron chi connectivity index (χ4n) is 4.50. The van der Waals surface area contributed by atoms with E-state index in [0.29, 0.717) is 28.6 Å². The van der Waals surface area contributed by atoms with Crippen molar-refractivity contribution in [3.05, 3.63) is 120 Å². The number of sulfonamides is 1. The standard InChI is InChI=1S/C34H36ClN3O5S/c1-3-4-22-36-34(40)26(2)37(24-27-12-11-13-28(35)23-27)33(39)25-38(44(41,42)32-16-9-6-10-17-32)29-18-20-31(21-19-29)43-30-14-7-5-8-15-30/h5-21,23,26H,3-4,22,24-25H2,1-2H3,(H,36,40)/t26-/m0/s1. The van der Waals surface area contributed by atoms with E-state index in [9.17, 15) is 18.0 Å². The Balaban J connectivity index is 1.67. The minimum absolute atomic E-state index is 0.0316. The predicted molar refractivity (Wildman–Crippen MR) is 173 cm³/mol. The van der Waals surface area contributed by atoms with Gasteiger partial charge in [0.05, 0.1) is 10.6 Å². The Morgan fingerprint density at radius 1 is 0.864 bits per heavy atom. The SMILES string of the molecule is CCCCNC(=O)[C@H](C)N(Cc1cccc(Cl)c1)C(=O)CN(c1ccc(Oc2ccccc2)cc1)S(=O)(=O)c1ccccc1. The molecule has 0 unspecified atom stereocenters. The van der Waals surface area contributed by atoms with Crippen molar-refractivity contribution in [3.8, 4) is 11.5 Å². The lowest BCUT2D eigenvalue weighted by atomic mass is 10.1. The van der Waals surface area contributed by atoms with Crippen LogP contribution < -0.4 is 14.4 Å². The number of carbonyl (C=O) groups is 2. The summed E-state index contributed by atoms with van der Waals surface area (Å²) in [5, 5.41) is 3.37. The molecule has 44 heavy (non-hydrogen) atoms. The Kier molecular flexibility index (Phi) is 11.4. The summed E-state index contributed by atoms with van der Waals surface area (Å²) < 4.78 is 34.9. The molecule has 1 atom stereocenters. The van der Waals surface area contributed by atoms with E-state index in [1.807, 2.05) is 37.3 Å². The van der Waals surface area contributed by atoms with Crippen molar-refractivity contribution >= 4 is 39.1 Å². The van der Waals surface area contributed by atoms with Crippen LogP contribution in [0.2, 0.25) is 5.02 Å². The molecule has 0 aromatic heterocycles. The summed E-state index contributed by atoms with van der Waals surface area (Å²) in [6.07, 6.45) is 1.70. The number of unbranched alkanes of at least 4 members (excludes halogenated alkanes) is 1. The van der Waals surface area contributed by atoms with Gasteiger partial charge in [-0.25, -0.2) is 8.42 Å². The van der Waals surface area contributed by atoms with Crippen molar-refractivity contribution < 1.29 is 22.7 Å². The van der Waals surface area contributed by atoms with Crippen molar-refractivity contribution in [2.24, 2.45) is 0 Å². The number of anilines is 1. The van der Waals surface area contributed by atoms with Crippen molar-refractivity contribution in [2.45, 2.75) is 44.2 Å². The van der Waals surface area contributed by atoms with Gasteiger partial charge in [0.25, 0.3) is 10.0 Å². The van der Waals surface area contributed by atoms with Gasteiger partial charge in [0.1, 0.15) is 24.1 Å². The largest absolute Gasteiger partial charge is 0.457 e. The fraction of sp³-hybridized carbons (Fsp3) is 0.235. The zero-order valence-corrected chi connectivity index (χ0v) is 26.3. The first-order valence-corrected chi connectivity index (χ1v) is 16.2. The number of hydrogen-bond donors (Lipinski definition) is 1. The first-order valence-electron chi connectivity index (χ1n) is 14.4. The van der Waals surface area contributed by atoms with E-state index in [4.69, 9.17) is 16.3 Å². The number of amides is 2. The van der Waals surface area contributed by atoms with E-state index in [1.54, 1.807) is 73.7 Å². The summed E-state index contributed by atoms with van der Waals surface area (Å²) in [7, 11) is -4.17. The molecule has 1 N–H and O–H groups in total. The van der Waals surface area contributed by atoms with E-state index in [0.717, 1.165) is 17.1 Å². The Hall–Kier alpha value is -4.34. The number of halogens is 1. The second-order valence-corrected chi connectivity index (χ2v) is 12.5. The van der Waals surface area contributed by atoms with Gasteiger partial charge in [-0.1, -0.05) is 73.5 Å². The van der Waals surface area contributed by atoms with Gasteiger partial charge in [-0.15, -0.1) is 0 Å². The molecule has 0 aliphatic heterocycles. The van der Waals surface area contributed by atoms with Crippen molar-refractivity contribution in [1.29, 1.82) is 0 Å². The second-order valence-electron chi connectivity index (χ2n) is 10.2. The molecule has 2 amide bonds. The zero-order chi connectivity index (χ0) is 31.5. The van der Waals surface area contributed by atoms with Crippen LogP contribution in [0, 0.1) is 0 Å². The molecule has 230 valence electrons. The molecule has 0 radical (unpaired) electrons. The second kappa shape index (κ2) is 15.4. The molecule has 0 saturated carbocycles. The number of nitrogens with one attached hydrogen (secondary N) is 1. The average Bonchev–Trinajstić information content (AvgIpc) is 3.03. The molecule has 0 spiro atoms. The third-order valence-corrected chi connectivity index (χ3v) is 8.98. The number of benzene rings is 4. The Morgan fingerprint density at radius 3 is 2.14 bits per heavy atom. The topological polar surface area (TPSA) is 96.0 Å². The van der Waals surface area contributed by atoms with Crippen molar-refractivity contribution in [3.63, 3.8) is 0 Å². The van der Waals surface area contributed by atoms with Gasteiger partial charge in [0, 0.05) is 18.1 Å². The molecule has 0 bridgehead atoms. The molecule has 10 heteroatoms. The summed E-state index contributed by atoms with van der Waals surface area (Å²) in [6.45, 7) is 3.65. The van der Waals surface area contributed by atoms with Gasteiger partial charge in [0.2, 0.25) is 11.8 Å². The average molecular weight is 634 g/mol. The maximum atomic E-state index is 14.1. The normalized spacial score (nSPS) is 11.8. The van der Waals surface area contributed by atoms with E-state index in [2.05, 4.69) is 5.32 Å². The number of hydrogen-bond acceptors (Lipinski definition) is 5. The van der Waals surface area contributed by atoms with Crippen LogP contribution in [0.3, 0.4) is 0 Å². The molecule has 8 nitrogen and oxygen atoms in total. The lowest BCUT2D eigenvalue weighted by molar-refractivity contribution is -0.139. The van der Waals surface area contributed by atoms with Crippen LogP contribution in [0.25, 0.3) is 0 Å². The first kappa shape index (κ1) is 32.6. The zero-order valence-electron chi connectivity index (χ0n) is 24.7. The van der Waals surface area contributed by atoms with Gasteiger partial charge in [-0.2, -0.15) is 0 Å². The maximum absolute atomic E-state index is 14.1. The van der Waals surface area contributed by atoms with Crippen LogP contribution in [-0.2, 0) is 26.2 Å². The monoisotopic (exact) mass is 633 g/mol. The molecular formula is C34H36ClN3O5S. The lowest BCUT2D eigenvalue weighted by Crippen LogP contribution is -2.51. The highest BCUT2D eigenvalue weighted by molar-refractivity contribution is 7.92. The van der Waals surface area contributed by atoms with Gasteiger partial charge in [-0.3, -0.25) is 13.9 Å². The fourth-order valence-corrected chi connectivity index (χ4v) is 6.15. The van der Waals surface area contributed by atoms with E-state index >= 15 is 0 Å². The summed E-state index contributed by atoms with van der Waals surface area (Å²) in [6, 6.07) is 29.7. The van der Waals surface area contributed by atoms with Crippen molar-refractivity contribution in [2.75, 3.05) is 17.4 Å². The van der Waals surface area contributed by atoms with Crippen molar-refractivity contribution in [1.82, 2.24) is 10.2 Å². The highest BCUT2D eigenvalue weighted by Crippen LogP contribution is 2.28. The van der Waals surface area contributed by atoms with Crippen LogP contribution in [0.15, 0.2) is 114 Å². The highest BCUT2D eigenvalue weighted by atomic mass is 35.5. The van der Waals surface area contributed by atoms with Gasteiger partial charge in [-0.05, 0) is 79.6 Å². The van der Waals surface area contributed by atoms with Crippen LogP contribution in [0.4, 0.5) is 5.69 Å². The molecule has 0 heterocycles. The van der Waals surface area contributed by atoms with E-state index in [-0.39, 0.29) is 23.0 Å².